The van der Waals surface area contributed by atoms with E-state index in [-0.39, 0.29) is 0 Å². The molecule has 0 aliphatic heterocycles. The first-order valence-electron chi connectivity index (χ1n) is 4.46. The molecule has 0 atom stereocenters. The molecule has 0 unspecified atom stereocenters. The summed E-state index contributed by atoms with van der Waals surface area (Å²) in [7, 11) is 0. The fourth-order valence-electron chi connectivity index (χ4n) is 1.30. The van der Waals surface area contributed by atoms with Crippen molar-refractivity contribution in [1.29, 1.82) is 0 Å². The molecular formula is C10H8ClN3OS. The van der Waals surface area contributed by atoms with Gasteiger partial charge in [0, 0.05) is 11.8 Å². The first-order valence-corrected chi connectivity index (χ1v) is 5.66. The van der Waals surface area contributed by atoms with Gasteiger partial charge in [0.25, 0.3) is 0 Å². The smallest absolute Gasteiger partial charge is 0.0995 e. The number of oxime groups is 1. The van der Waals surface area contributed by atoms with Crippen molar-refractivity contribution in [3.05, 3.63) is 34.1 Å². The molecule has 0 aromatic carbocycles. The summed E-state index contributed by atoms with van der Waals surface area (Å²) in [5, 5.41) is 11.6. The summed E-state index contributed by atoms with van der Waals surface area (Å²) in [6.07, 6.45) is 4.67. The SMILES string of the molecule is Cc1cncc(-c2sc(Cl)cc2/C=N/O)n1. The van der Waals surface area contributed by atoms with E-state index in [0.29, 0.717) is 4.34 Å². The Balaban J connectivity index is 2.54. The zero-order valence-electron chi connectivity index (χ0n) is 8.38. The first kappa shape index (κ1) is 11.0. The maximum absolute atomic E-state index is 8.55. The predicted molar refractivity (Wildman–Crippen MR) is 64.5 cm³/mol. The zero-order chi connectivity index (χ0) is 11.5. The van der Waals surface area contributed by atoms with Crippen LogP contribution in [0.1, 0.15) is 11.3 Å². The van der Waals surface area contributed by atoms with Crippen molar-refractivity contribution in [3.8, 4) is 10.6 Å². The van der Waals surface area contributed by atoms with Crippen LogP contribution in [-0.4, -0.2) is 21.4 Å². The van der Waals surface area contributed by atoms with Crippen LogP contribution in [0, 0.1) is 6.92 Å². The van der Waals surface area contributed by atoms with E-state index in [2.05, 4.69) is 15.1 Å². The van der Waals surface area contributed by atoms with Crippen LogP contribution in [0.5, 0.6) is 0 Å². The second kappa shape index (κ2) is 4.59. The molecule has 0 aliphatic rings. The highest BCUT2D eigenvalue weighted by Crippen LogP contribution is 2.33. The van der Waals surface area contributed by atoms with Gasteiger partial charge < -0.3 is 5.21 Å². The minimum Gasteiger partial charge on any atom is -0.411 e. The van der Waals surface area contributed by atoms with Crippen molar-refractivity contribution in [2.24, 2.45) is 5.16 Å². The molecule has 0 fully saturated rings. The van der Waals surface area contributed by atoms with E-state index in [1.54, 1.807) is 18.5 Å². The Morgan fingerprint density at radius 1 is 1.50 bits per heavy atom. The van der Waals surface area contributed by atoms with Crippen LogP contribution in [0.15, 0.2) is 23.6 Å². The van der Waals surface area contributed by atoms with Gasteiger partial charge in [-0.1, -0.05) is 16.8 Å². The molecule has 2 aromatic heterocycles. The van der Waals surface area contributed by atoms with Crippen LogP contribution in [0.4, 0.5) is 0 Å². The fourth-order valence-corrected chi connectivity index (χ4v) is 2.47. The van der Waals surface area contributed by atoms with Gasteiger partial charge in [-0.3, -0.25) is 4.98 Å². The molecule has 2 aromatic rings. The third kappa shape index (κ3) is 2.20. The molecule has 4 nitrogen and oxygen atoms in total. The van der Waals surface area contributed by atoms with Crippen LogP contribution < -0.4 is 0 Å². The zero-order valence-corrected chi connectivity index (χ0v) is 9.96. The number of aromatic nitrogens is 2. The molecule has 2 rings (SSSR count). The maximum atomic E-state index is 8.55. The van der Waals surface area contributed by atoms with Gasteiger partial charge in [-0.2, -0.15) is 0 Å². The molecule has 6 heteroatoms. The molecule has 16 heavy (non-hydrogen) atoms. The molecule has 0 saturated heterocycles. The number of thiophene rings is 1. The molecule has 82 valence electrons. The van der Waals surface area contributed by atoms with Crippen molar-refractivity contribution in [2.75, 3.05) is 0 Å². The highest BCUT2D eigenvalue weighted by molar-refractivity contribution is 7.19. The minimum absolute atomic E-state index is 0.619. The minimum atomic E-state index is 0.619. The number of hydrogen-bond donors (Lipinski definition) is 1. The van der Waals surface area contributed by atoms with Crippen LogP contribution in [-0.2, 0) is 0 Å². The van der Waals surface area contributed by atoms with Gasteiger partial charge in [0.1, 0.15) is 0 Å². The summed E-state index contributed by atoms with van der Waals surface area (Å²) in [5.74, 6) is 0. The average Bonchev–Trinajstić information content (AvgIpc) is 2.60. The lowest BCUT2D eigenvalue weighted by molar-refractivity contribution is 0.322. The van der Waals surface area contributed by atoms with Crippen LogP contribution in [0.2, 0.25) is 4.34 Å². The average molecular weight is 254 g/mol. The molecule has 0 aliphatic carbocycles. The second-order valence-electron chi connectivity index (χ2n) is 3.13. The van der Waals surface area contributed by atoms with Crippen LogP contribution in [0.25, 0.3) is 10.6 Å². The number of halogens is 1. The number of aryl methyl sites for hydroxylation is 1. The summed E-state index contributed by atoms with van der Waals surface area (Å²) in [6.45, 7) is 1.87. The Hall–Kier alpha value is -1.46. The van der Waals surface area contributed by atoms with Crippen molar-refractivity contribution >= 4 is 29.2 Å². The Kier molecular flexibility index (Phi) is 3.17. The fraction of sp³-hybridized carbons (Fsp3) is 0.100. The lowest BCUT2D eigenvalue weighted by atomic mass is 10.2. The number of hydrogen-bond acceptors (Lipinski definition) is 5. The number of nitrogens with zero attached hydrogens (tertiary/aromatic N) is 3. The van der Waals surface area contributed by atoms with Crippen LogP contribution in [0.3, 0.4) is 0 Å². The standard InChI is InChI=1S/C10H8ClN3OS/c1-6-3-12-5-8(14-6)10-7(4-13-15)2-9(11)16-10/h2-5,15H,1H3/b13-4+. The third-order valence-corrected chi connectivity index (χ3v) is 3.22. The number of rotatable bonds is 2. The summed E-state index contributed by atoms with van der Waals surface area (Å²) >= 11 is 7.29. The summed E-state index contributed by atoms with van der Waals surface area (Å²) < 4.78 is 0.619. The monoisotopic (exact) mass is 253 g/mol. The Bertz CT molecular complexity index is 539. The summed E-state index contributed by atoms with van der Waals surface area (Å²) in [4.78, 5) is 9.26. The highest BCUT2D eigenvalue weighted by atomic mass is 35.5. The van der Waals surface area contributed by atoms with Crippen molar-refractivity contribution in [1.82, 2.24) is 9.97 Å². The molecule has 0 bridgehead atoms. The van der Waals surface area contributed by atoms with Gasteiger partial charge >= 0.3 is 0 Å². The second-order valence-corrected chi connectivity index (χ2v) is 4.81. The van der Waals surface area contributed by atoms with E-state index < -0.39 is 0 Å². The lowest BCUT2D eigenvalue weighted by Crippen LogP contribution is -1.89. The van der Waals surface area contributed by atoms with Crippen molar-refractivity contribution in [3.63, 3.8) is 0 Å². The molecule has 0 radical (unpaired) electrons. The van der Waals surface area contributed by atoms with Gasteiger partial charge in [0.2, 0.25) is 0 Å². The third-order valence-electron chi connectivity index (χ3n) is 1.92. The van der Waals surface area contributed by atoms with Gasteiger partial charge in [-0.15, -0.1) is 11.3 Å². The largest absolute Gasteiger partial charge is 0.411 e. The molecular weight excluding hydrogens is 246 g/mol. The lowest BCUT2D eigenvalue weighted by Gasteiger charge is -1.98. The maximum Gasteiger partial charge on any atom is 0.0995 e. The highest BCUT2D eigenvalue weighted by Gasteiger charge is 2.10. The first-order chi connectivity index (χ1) is 7.70. The predicted octanol–water partition coefficient (Wildman–Crippen LogP) is 2.98. The van der Waals surface area contributed by atoms with E-state index >= 15 is 0 Å². The molecule has 0 saturated carbocycles. The Labute approximate surface area is 101 Å². The van der Waals surface area contributed by atoms with Gasteiger partial charge in [-0.05, 0) is 13.0 Å². The Morgan fingerprint density at radius 3 is 3.00 bits per heavy atom. The van der Waals surface area contributed by atoms with E-state index in [1.165, 1.54) is 17.6 Å². The van der Waals surface area contributed by atoms with E-state index in [4.69, 9.17) is 16.8 Å². The quantitative estimate of drug-likeness (QED) is 0.509. The van der Waals surface area contributed by atoms with E-state index in [9.17, 15) is 0 Å². The molecule has 1 N–H and O–H groups in total. The summed E-state index contributed by atoms with van der Waals surface area (Å²) in [6, 6.07) is 1.73. The molecule has 0 spiro atoms. The van der Waals surface area contributed by atoms with Gasteiger partial charge in [0.05, 0.1) is 33.0 Å². The summed E-state index contributed by atoms with van der Waals surface area (Å²) in [5.41, 5.74) is 2.29. The topological polar surface area (TPSA) is 58.4 Å². The Morgan fingerprint density at radius 2 is 2.31 bits per heavy atom. The van der Waals surface area contributed by atoms with E-state index in [1.807, 2.05) is 6.92 Å². The van der Waals surface area contributed by atoms with Crippen LogP contribution >= 0.6 is 22.9 Å². The van der Waals surface area contributed by atoms with Gasteiger partial charge in [0.15, 0.2) is 0 Å². The molecule has 2 heterocycles. The molecule has 0 amide bonds. The van der Waals surface area contributed by atoms with Gasteiger partial charge in [-0.25, -0.2) is 4.98 Å². The van der Waals surface area contributed by atoms with E-state index in [0.717, 1.165) is 21.8 Å². The van der Waals surface area contributed by atoms with Crippen molar-refractivity contribution < 1.29 is 5.21 Å². The van der Waals surface area contributed by atoms with Crippen molar-refractivity contribution in [2.45, 2.75) is 6.92 Å². The normalized spacial score (nSPS) is 11.1.